The average Bonchev–Trinajstić information content (AvgIpc) is 2.65. The summed E-state index contributed by atoms with van der Waals surface area (Å²) in [6.07, 6.45) is -0.587. The summed E-state index contributed by atoms with van der Waals surface area (Å²) in [6, 6.07) is 13.5. The van der Waals surface area contributed by atoms with Crippen LogP contribution < -0.4 is 19.5 Å². The zero-order valence-electron chi connectivity index (χ0n) is 16.7. The Morgan fingerprint density at radius 1 is 1.04 bits per heavy atom. The summed E-state index contributed by atoms with van der Waals surface area (Å²) in [5, 5.41) is 2.84. The van der Waals surface area contributed by atoms with Gasteiger partial charge in [0.1, 0.15) is 12.4 Å². The van der Waals surface area contributed by atoms with Gasteiger partial charge in [0.05, 0.1) is 13.7 Å². The molecule has 5 heteroatoms. The lowest BCUT2D eigenvalue weighted by Crippen LogP contribution is -2.38. The highest BCUT2D eigenvalue weighted by atomic mass is 16.5. The van der Waals surface area contributed by atoms with Gasteiger partial charge in [-0.05, 0) is 49.1 Å². The lowest BCUT2D eigenvalue weighted by atomic mass is 10.0. The van der Waals surface area contributed by atoms with Gasteiger partial charge in [-0.3, -0.25) is 4.79 Å². The van der Waals surface area contributed by atoms with Crippen molar-refractivity contribution < 1.29 is 19.0 Å². The van der Waals surface area contributed by atoms with E-state index in [-0.39, 0.29) is 5.91 Å². The fourth-order valence-corrected chi connectivity index (χ4v) is 2.68. The van der Waals surface area contributed by atoms with Crippen molar-refractivity contribution in [1.82, 2.24) is 5.32 Å². The Morgan fingerprint density at radius 2 is 1.74 bits per heavy atom. The minimum atomic E-state index is -0.587. The standard InChI is InChI=1S/C22H29NO4/c1-15(2)18-11-10-16(3)14-21(18)27-17(4)22(24)23-12-13-26-20-9-7-6-8-19(20)25-5/h6-11,14-15,17H,12-13H2,1-5H3,(H,23,24)/t17-/m1/s1. The number of rotatable bonds is 9. The van der Waals surface area contributed by atoms with E-state index in [4.69, 9.17) is 14.2 Å². The maximum Gasteiger partial charge on any atom is 0.260 e. The number of para-hydroxylation sites is 2. The number of carbonyl (C=O) groups is 1. The van der Waals surface area contributed by atoms with Crippen molar-refractivity contribution in [2.24, 2.45) is 0 Å². The van der Waals surface area contributed by atoms with Crippen LogP contribution in [0, 0.1) is 6.92 Å². The smallest absolute Gasteiger partial charge is 0.260 e. The number of methoxy groups -OCH3 is 1. The summed E-state index contributed by atoms with van der Waals surface area (Å²) in [6.45, 7) is 8.71. The van der Waals surface area contributed by atoms with Gasteiger partial charge in [0.2, 0.25) is 0 Å². The van der Waals surface area contributed by atoms with Gasteiger partial charge in [-0.25, -0.2) is 0 Å². The predicted octanol–water partition coefficient (Wildman–Crippen LogP) is 4.09. The quantitative estimate of drug-likeness (QED) is 0.675. The van der Waals surface area contributed by atoms with Crippen molar-refractivity contribution in [3.8, 4) is 17.2 Å². The molecule has 0 spiro atoms. The summed E-state index contributed by atoms with van der Waals surface area (Å²) in [7, 11) is 1.60. The van der Waals surface area contributed by atoms with Crippen LogP contribution in [0.5, 0.6) is 17.2 Å². The number of nitrogens with one attached hydrogen (secondary N) is 1. The van der Waals surface area contributed by atoms with E-state index in [9.17, 15) is 4.79 Å². The lowest BCUT2D eigenvalue weighted by molar-refractivity contribution is -0.127. The molecule has 2 aromatic carbocycles. The second-order valence-electron chi connectivity index (χ2n) is 6.75. The third-order valence-electron chi connectivity index (χ3n) is 4.19. The zero-order chi connectivity index (χ0) is 19.8. The summed E-state index contributed by atoms with van der Waals surface area (Å²) >= 11 is 0. The maximum atomic E-state index is 12.3. The molecule has 1 amide bonds. The van der Waals surface area contributed by atoms with Crippen LogP contribution in [0.4, 0.5) is 0 Å². The van der Waals surface area contributed by atoms with E-state index in [0.29, 0.717) is 30.6 Å². The highest BCUT2D eigenvalue weighted by molar-refractivity contribution is 5.80. The average molecular weight is 371 g/mol. The molecule has 2 rings (SSSR count). The van der Waals surface area contributed by atoms with E-state index in [1.807, 2.05) is 37.3 Å². The molecule has 0 radical (unpaired) electrons. The molecule has 5 nitrogen and oxygen atoms in total. The van der Waals surface area contributed by atoms with Crippen LogP contribution in [0.1, 0.15) is 37.8 Å². The van der Waals surface area contributed by atoms with Crippen LogP contribution in [0.25, 0.3) is 0 Å². The molecule has 0 aliphatic carbocycles. The van der Waals surface area contributed by atoms with Gasteiger partial charge in [0, 0.05) is 0 Å². The first-order valence-corrected chi connectivity index (χ1v) is 9.23. The Balaban J connectivity index is 1.85. The topological polar surface area (TPSA) is 56.8 Å². The molecule has 0 saturated heterocycles. The van der Waals surface area contributed by atoms with Gasteiger partial charge in [-0.2, -0.15) is 0 Å². The minimum Gasteiger partial charge on any atom is -0.493 e. The molecule has 0 unspecified atom stereocenters. The van der Waals surface area contributed by atoms with Crippen LogP contribution >= 0.6 is 0 Å². The molecule has 27 heavy (non-hydrogen) atoms. The normalized spacial score (nSPS) is 11.8. The SMILES string of the molecule is COc1ccccc1OCCNC(=O)[C@@H](C)Oc1cc(C)ccc1C(C)C. The fourth-order valence-electron chi connectivity index (χ4n) is 2.68. The van der Waals surface area contributed by atoms with Crippen molar-refractivity contribution in [3.05, 3.63) is 53.6 Å². The molecule has 0 aromatic heterocycles. The van der Waals surface area contributed by atoms with Crippen LogP contribution in [-0.2, 0) is 4.79 Å². The van der Waals surface area contributed by atoms with Crippen molar-refractivity contribution >= 4 is 5.91 Å². The molecule has 0 bridgehead atoms. The third kappa shape index (κ3) is 5.91. The molecule has 0 aliphatic heterocycles. The van der Waals surface area contributed by atoms with Gasteiger partial charge < -0.3 is 19.5 Å². The molecule has 0 heterocycles. The Morgan fingerprint density at radius 3 is 2.41 bits per heavy atom. The molecule has 1 atom stereocenters. The molecule has 2 aromatic rings. The Labute approximate surface area is 161 Å². The van der Waals surface area contributed by atoms with Gasteiger partial charge in [0.15, 0.2) is 17.6 Å². The summed E-state index contributed by atoms with van der Waals surface area (Å²) in [5.41, 5.74) is 2.20. The molecule has 0 saturated carbocycles. The van der Waals surface area contributed by atoms with Crippen molar-refractivity contribution in [2.45, 2.75) is 39.7 Å². The summed E-state index contributed by atoms with van der Waals surface area (Å²) < 4.78 is 16.8. The molecular weight excluding hydrogens is 342 g/mol. The molecule has 0 aliphatic rings. The van der Waals surface area contributed by atoms with Crippen molar-refractivity contribution in [3.63, 3.8) is 0 Å². The Hall–Kier alpha value is -2.69. The first kappa shape index (κ1) is 20.6. The first-order valence-electron chi connectivity index (χ1n) is 9.23. The number of hydrogen-bond donors (Lipinski definition) is 1. The number of aryl methyl sites for hydroxylation is 1. The second-order valence-corrected chi connectivity index (χ2v) is 6.75. The van der Waals surface area contributed by atoms with Crippen LogP contribution in [0.3, 0.4) is 0 Å². The number of benzene rings is 2. The Bertz CT molecular complexity index is 758. The highest BCUT2D eigenvalue weighted by Gasteiger charge is 2.17. The van der Waals surface area contributed by atoms with E-state index < -0.39 is 6.10 Å². The lowest BCUT2D eigenvalue weighted by Gasteiger charge is -2.19. The Kier molecular flexibility index (Phi) is 7.53. The largest absolute Gasteiger partial charge is 0.493 e. The van der Waals surface area contributed by atoms with Gasteiger partial charge in [-0.15, -0.1) is 0 Å². The van der Waals surface area contributed by atoms with Gasteiger partial charge in [0.25, 0.3) is 5.91 Å². The molecule has 0 fully saturated rings. The van der Waals surface area contributed by atoms with Gasteiger partial charge in [-0.1, -0.05) is 38.1 Å². The number of amides is 1. The monoisotopic (exact) mass is 371 g/mol. The number of carbonyl (C=O) groups excluding carboxylic acids is 1. The second kappa shape index (κ2) is 9.86. The maximum absolute atomic E-state index is 12.3. The number of ether oxygens (including phenoxy) is 3. The van der Waals surface area contributed by atoms with E-state index >= 15 is 0 Å². The molecule has 146 valence electrons. The van der Waals surface area contributed by atoms with Crippen LogP contribution in [0.2, 0.25) is 0 Å². The van der Waals surface area contributed by atoms with Crippen LogP contribution in [-0.4, -0.2) is 32.3 Å². The van der Waals surface area contributed by atoms with Crippen LogP contribution in [0.15, 0.2) is 42.5 Å². The predicted molar refractivity (Wildman–Crippen MR) is 107 cm³/mol. The van der Waals surface area contributed by atoms with E-state index in [0.717, 1.165) is 16.9 Å². The zero-order valence-corrected chi connectivity index (χ0v) is 16.7. The first-order chi connectivity index (χ1) is 12.9. The number of hydrogen-bond acceptors (Lipinski definition) is 4. The van der Waals surface area contributed by atoms with E-state index in [2.05, 4.69) is 31.3 Å². The van der Waals surface area contributed by atoms with Crippen molar-refractivity contribution in [2.75, 3.05) is 20.3 Å². The molecule has 1 N–H and O–H groups in total. The summed E-state index contributed by atoms with van der Waals surface area (Å²) in [4.78, 5) is 12.3. The van der Waals surface area contributed by atoms with E-state index in [1.54, 1.807) is 14.0 Å². The summed E-state index contributed by atoms with van der Waals surface area (Å²) in [5.74, 6) is 2.24. The van der Waals surface area contributed by atoms with E-state index in [1.165, 1.54) is 0 Å². The minimum absolute atomic E-state index is 0.171. The van der Waals surface area contributed by atoms with Gasteiger partial charge >= 0.3 is 0 Å². The molecular formula is C22H29NO4. The fraction of sp³-hybridized carbons (Fsp3) is 0.409. The highest BCUT2D eigenvalue weighted by Crippen LogP contribution is 2.28. The third-order valence-corrected chi connectivity index (χ3v) is 4.19. The van der Waals surface area contributed by atoms with Crippen molar-refractivity contribution in [1.29, 1.82) is 0 Å².